The van der Waals surface area contributed by atoms with Crippen LogP contribution in [0.15, 0.2) is 77.7 Å². The molecule has 2 amide bonds. The Labute approximate surface area is 185 Å². The van der Waals surface area contributed by atoms with Gasteiger partial charge in [0.2, 0.25) is 0 Å². The Morgan fingerprint density at radius 2 is 1.44 bits per heavy atom. The van der Waals surface area contributed by atoms with Crippen molar-refractivity contribution in [3.8, 4) is 11.5 Å². The summed E-state index contributed by atoms with van der Waals surface area (Å²) >= 11 is 0. The molecule has 2 N–H and O–H groups in total. The molecule has 3 rings (SSSR count). The predicted octanol–water partition coefficient (Wildman–Crippen LogP) is 3.89. The number of rotatable bonds is 7. The molecule has 166 valence electrons. The van der Waals surface area contributed by atoms with E-state index in [2.05, 4.69) is 10.6 Å². The molecule has 0 atom stereocenters. The van der Waals surface area contributed by atoms with Gasteiger partial charge in [-0.3, -0.25) is 0 Å². The van der Waals surface area contributed by atoms with E-state index in [1.54, 1.807) is 42.5 Å². The Kier molecular flexibility index (Phi) is 6.96. The lowest BCUT2D eigenvalue weighted by molar-refractivity contribution is 0.0599. The summed E-state index contributed by atoms with van der Waals surface area (Å²) in [5.41, 5.74) is 0.590. The average Bonchev–Trinajstić information content (AvgIpc) is 2.79. The highest BCUT2D eigenvalue weighted by molar-refractivity contribution is 7.87. The minimum absolute atomic E-state index is 0.0913. The van der Waals surface area contributed by atoms with E-state index in [1.165, 1.54) is 37.4 Å². The number of benzene rings is 3. The number of carbonyl (C=O) groups excluding carboxylic acids is 2. The van der Waals surface area contributed by atoms with Gasteiger partial charge in [0.1, 0.15) is 16.2 Å². The van der Waals surface area contributed by atoms with E-state index < -0.39 is 22.1 Å². The molecule has 3 aromatic carbocycles. The molecular formula is C22H20N2O7S. The van der Waals surface area contributed by atoms with Crippen LogP contribution in [0.2, 0.25) is 0 Å². The van der Waals surface area contributed by atoms with Crippen LogP contribution in [0.4, 0.5) is 16.2 Å². The average molecular weight is 456 g/mol. The highest BCUT2D eigenvalue weighted by atomic mass is 32.2. The van der Waals surface area contributed by atoms with Gasteiger partial charge in [-0.15, -0.1) is 0 Å². The lowest BCUT2D eigenvalue weighted by atomic mass is 10.2. The number of urea groups is 1. The molecule has 0 unspecified atom stereocenters. The van der Waals surface area contributed by atoms with Crippen LogP contribution < -0.4 is 19.6 Å². The van der Waals surface area contributed by atoms with Crippen molar-refractivity contribution in [2.75, 3.05) is 24.9 Å². The zero-order chi connectivity index (χ0) is 23.1. The van der Waals surface area contributed by atoms with E-state index in [0.717, 1.165) is 7.11 Å². The van der Waals surface area contributed by atoms with Gasteiger partial charge in [0, 0.05) is 17.4 Å². The number of methoxy groups -OCH3 is 2. The van der Waals surface area contributed by atoms with Gasteiger partial charge >= 0.3 is 22.1 Å². The van der Waals surface area contributed by atoms with Crippen molar-refractivity contribution in [3.63, 3.8) is 0 Å². The third-order valence-electron chi connectivity index (χ3n) is 4.22. The minimum Gasteiger partial charge on any atom is -0.497 e. The Bertz CT molecular complexity index is 1210. The SMILES string of the molecule is COC(=O)c1ccc(NC(=O)Nc2ccc(OC)cc2)cc1OS(=O)(=O)c1ccccc1. The van der Waals surface area contributed by atoms with Gasteiger partial charge in [-0.2, -0.15) is 8.42 Å². The number of carbonyl (C=O) groups is 2. The molecular weight excluding hydrogens is 436 g/mol. The van der Waals surface area contributed by atoms with E-state index in [-0.39, 0.29) is 21.9 Å². The number of nitrogens with one attached hydrogen (secondary N) is 2. The Morgan fingerprint density at radius 1 is 0.812 bits per heavy atom. The van der Waals surface area contributed by atoms with E-state index in [4.69, 9.17) is 13.7 Å². The zero-order valence-electron chi connectivity index (χ0n) is 17.2. The molecule has 3 aromatic rings. The van der Waals surface area contributed by atoms with Gasteiger partial charge in [0.05, 0.1) is 14.2 Å². The summed E-state index contributed by atoms with van der Waals surface area (Å²) in [6.07, 6.45) is 0. The molecule has 0 heterocycles. The van der Waals surface area contributed by atoms with Crippen molar-refractivity contribution in [1.82, 2.24) is 0 Å². The van der Waals surface area contributed by atoms with Crippen LogP contribution in [0.3, 0.4) is 0 Å². The zero-order valence-corrected chi connectivity index (χ0v) is 18.0. The number of esters is 1. The maximum Gasteiger partial charge on any atom is 0.341 e. The summed E-state index contributed by atoms with van der Waals surface area (Å²) in [4.78, 5) is 24.3. The van der Waals surface area contributed by atoms with Gasteiger partial charge in [0.15, 0.2) is 5.75 Å². The molecule has 0 aliphatic rings. The topological polar surface area (TPSA) is 120 Å². The van der Waals surface area contributed by atoms with Crippen molar-refractivity contribution in [1.29, 1.82) is 0 Å². The van der Waals surface area contributed by atoms with E-state index in [1.807, 2.05) is 0 Å². The maximum absolute atomic E-state index is 12.6. The number of amides is 2. The molecule has 10 heteroatoms. The fourth-order valence-corrected chi connectivity index (χ4v) is 3.63. The highest BCUT2D eigenvalue weighted by Gasteiger charge is 2.22. The van der Waals surface area contributed by atoms with Crippen LogP contribution in [-0.2, 0) is 14.9 Å². The van der Waals surface area contributed by atoms with Crippen LogP contribution >= 0.6 is 0 Å². The van der Waals surface area contributed by atoms with Gasteiger partial charge in [-0.05, 0) is 48.5 Å². The van der Waals surface area contributed by atoms with E-state index in [9.17, 15) is 18.0 Å². The molecule has 0 aliphatic carbocycles. The minimum atomic E-state index is -4.23. The van der Waals surface area contributed by atoms with Crippen LogP contribution in [0.25, 0.3) is 0 Å². The first-order chi connectivity index (χ1) is 15.3. The molecule has 32 heavy (non-hydrogen) atoms. The number of ether oxygens (including phenoxy) is 2. The molecule has 0 aliphatic heterocycles. The van der Waals surface area contributed by atoms with Crippen LogP contribution in [-0.4, -0.2) is 34.6 Å². The van der Waals surface area contributed by atoms with E-state index >= 15 is 0 Å². The number of anilines is 2. The Hall–Kier alpha value is -4.05. The van der Waals surface area contributed by atoms with Gasteiger partial charge in [-0.1, -0.05) is 18.2 Å². The first kappa shape index (κ1) is 22.6. The second-order valence-corrected chi connectivity index (χ2v) is 7.91. The first-order valence-corrected chi connectivity index (χ1v) is 10.7. The first-order valence-electron chi connectivity index (χ1n) is 9.26. The molecule has 0 spiro atoms. The van der Waals surface area contributed by atoms with Gasteiger partial charge in [0.25, 0.3) is 0 Å². The largest absolute Gasteiger partial charge is 0.497 e. The Morgan fingerprint density at radius 3 is 2.06 bits per heavy atom. The van der Waals surface area contributed by atoms with Crippen LogP contribution in [0.5, 0.6) is 11.5 Å². The summed E-state index contributed by atoms with van der Waals surface area (Å²) < 4.78 is 40.2. The van der Waals surface area contributed by atoms with E-state index in [0.29, 0.717) is 11.4 Å². The molecule has 9 nitrogen and oxygen atoms in total. The summed E-state index contributed by atoms with van der Waals surface area (Å²) in [6, 6.07) is 17.5. The second kappa shape index (κ2) is 9.84. The van der Waals surface area contributed by atoms with Crippen molar-refractivity contribution in [2.45, 2.75) is 4.90 Å². The lowest BCUT2D eigenvalue weighted by Crippen LogP contribution is -2.20. The van der Waals surface area contributed by atoms with Crippen molar-refractivity contribution >= 4 is 33.5 Å². The molecule has 0 bridgehead atoms. The second-order valence-electron chi connectivity index (χ2n) is 6.36. The summed E-state index contributed by atoms with van der Waals surface area (Å²) in [6.45, 7) is 0. The molecule has 0 radical (unpaired) electrons. The van der Waals surface area contributed by atoms with Crippen molar-refractivity contribution in [3.05, 3.63) is 78.4 Å². The molecule has 0 fully saturated rings. The third kappa shape index (κ3) is 5.55. The normalized spacial score (nSPS) is 10.7. The summed E-state index contributed by atoms with van der Waals surface area (Å²) in [5.74, 6) is -0.448. The summed E-state index contributed by atoms with van der Waals surface area (Å²) in [5, 5.41) is 5.19. The maximum atomic E-state index is 12.6. The monoisotopic (exact) mass is 456 g/mol. The molecule has 0 aromatic heterocycles. The fourth-order valence-electron chi connectivity index (χ4n) is 2.67. The van der Waals surface area contributed by atoms with Crippen LogP contribution in [0, 0.1) is 0 Å². The molecule has 0 saturated carbocycles. The van der Waals surface area contributed by atoms with Crippen LogP contribution in [0.1, 0.15) is 10.4 Å². The summed E-state index contributed by atoms with van der Waals surface area (Å²) in [7, 11) is -1.53. The lowest BCUT2D eigenvalue weighted by Gasteiger charge is -2.13. The quantitative estimate of drug-likeness (QED) is 0.409. The highest BCUT2D eigenvalue weighted by Crippen LogP contribution is 2.28. The number of hydrogen-bond donors (Lipinski definition) is 2. The smallest absolute Gasteiger partial charge is 0.341 e. The molecule has 0 saturated heterocycles. The fraction of sp³-hybridized carbons (Fsp3) is 0.0909. The number of hydrogen-bond acceptors (Lipinski definition) is 7. The van der Waals surface area contributed by atoms with Gasteiger partial charge < -0.3 is 24.3 Å². The third-order valence-corrected chi connectivity index (χ3v) is 5.47. The van der Waals surface area contributed by atoms with Gasteiger partial charge in [-0.25, -0.2) is 9.59 Å². The standard InChI is InChI=1S/C22H20N2O7S/c1-29-17-11-8-15(9-12-17)23-22(26)24-16-10-13-19(21(25)30-2)20(14-16)31-32(27,28)18-6-4-3-5-7-18/h3-14H,1-2H3,(H2,23,24,26). The van der Waals surface area contributed by atoms with Crippen molar-refractivity contribution in [2.24, 2.45) is 0 Å². The Balaban J connectivity index is 1.83. The predicted molar refractivity (Wildman–Crippen MR) is 118 cm³/mol. The van der Waals surface area contributed by atoms with Crippen molar-refractivity contribution < 1.29 is 31.7 Å².